The molecule has 12 nitrogen and oxygen atoms in total. The number of hydrogen-bond donors (Lipinski definition) is 1. The van der Waals surface area contributed by atoms with Gasteiger partial charge < -0.3 is 15.4 Å². The monoisotopic (exact) mass is 374 g/mol. The quantitative estimate of drug-likeness (QED) is 0.351. The number of hydrogen-bond acceptors (Lipinski definition) is 10. The van der Waals surface area contributed by atoms with Gasteiger partial charge in [0.2, 0.25) is 11.0 Å². The van der Waals surface area contributed by atoms with E-state index in [1.54, 1.807) is 18.2 Å². The largest absolute Gasteiger partial charge is 0.391 e. The first-order chi connectivity index (χ1) is 14.1. The van der Waals surface area contributed by atoms with Gasteiger partial charge in [0, 0.05) is 0 Å². The van der Waals surface area contributed by atoms with Crippen molar-refractivity contribution in [3.8, 4) is 18.2 Å². The first kappa shape index (κ1) is 16.9. The number of aromatic nitrogens is 6. The SMILES string of the molecule is [C-]#[N+]c1nc2c(nc1N)c1nc(C#N)c(C#N)nc1c1nc(C#N)c([N+]#[C-])nc12. The summed E-state index contributed by atoms with van der Waals surface area (Å²) in [5, 5.41) is 27.8. The molecule has 0 bridgehead atoms. The summed E-state index contributed by atoms with van der Waals surface area (Å²) in [7, 11) is 0. The molecule has 29 heavy (non-hydrogen) atoms. The second-order valence-electron chi connectivity index (χ2n) is 5.40. The van der Waals surface area contributed by atoms with Crippen molar-refractivity contribution in [3.63, 3.8) is 0 Å². The molecule has 0 atom stereocenters. The third-order valence-corrected chi connectivity index (χ3v) is 3.88. The van der Waals surface area contributed by atoms with E-state index in [2.05, 4.69) is 39.6 Å². The molecule has 0 saturated carbocycles. The van der Waals surface area contributed by atoms with Crippen molar-refractivity contribution in [1.29, 1.82) is 15.8 Å². The Kier molecular flexibility index (Phi) is 3.52. The minimum absolute atomic E-state index is 0.0277. The summed E-state index contributed by atoms with van der Waals surface area (Å²) in [5.41, 5.74) is 5.29. The van der Waals surface area contributed by atoms with Crippen LogP contribution < -0.4 is 5.73 Å². The fourth-order valence-electron chi connectivity index (χ4n) is 2.68. The molecule has 0 aliphatic carbocycles. The maximum absolute atomic E-state index is 9.28. The smallest absolute Gasteiger partial charge is 0.312 e. The van der Waals surface area contributed by atoms with Gasteiger partial charge in [0.1, 0.15) is 46.1 Å². The van der Waals surface area contributed by atoms with Gasteiger partial charge in [-0.1, -0.05) is 13.1 Å². The second kappa shape index (κ2) is 6.03. The molecule has 0 spiro atoms. The summed E-state index contributed by atoms with van der Waals surface area (Å²) in [4.78, 5) is 31.3. The standard InChI is InChI=1S/C17H2N12/c1-22-16-8(5-20)26-11-9-10(25-7(4-19)6(3-18)24-9)12-14(13(11)28-16)29-17(23-2)15(21)27-12/h(H2,21,27). The molecule has 0 radical (unpaired) electrons. The van der Waals surface area contributed by atoms with Crippen molar-refractivity contribution in [2.75, 3.05) is 5.73 Å². The average Bonchev–Trinajstić information content (AvgIpc) is 2.76. The van der Waals surface area contributed by atoms with Crippen molar-refractivity contribution in [2.24, 2.45) is 0 Å². The third-order valence-electron chi connectivity index (χ3n) is 3.88. The van der Waals surface area contributed by atoms with Crippen LogP contribution in [0, 0.1) is 47.1 Å². The van der Waals surface area contributed by atoms with E-state index in [-0.39, 0.29) is 67.6 Å². The predicted octanol–water partition coefficient (Wildman–Crippen LogP) is 1.82. The van der Waals surface area contributed by atoms with Crippen LogP contribution in [0.3, 0.4) is 0 Å². The highest BCUT2D eigenvalue weighted by Crippen LogP contribution is 2.34. The lowest BCUT2D eigenvalue weighted by Crippen LogP contribution is -2.03. The molecule has 4 aromatic rings. The Labute approximate surface area is 160 Å². The Balaban J connectivity index is 2.41. The Morgan fingerprint density at radius 1 is 0.586 bits per heavy atom. The molecule has 1 aromatic carbocycles. The minimum atomic E-state index is -0.272. The van der Waals surface area contributed by atoms with Crippen LogP contribution in [0.25, 0.3) is 42.8 Å². The van der Waals surface area contributed by atoms with Crippen LogP contribution in [0.5, 0.6) is 0 Å². The Morgan fingerprint density at radius 2 is 0.966 bits per heavy atom. The molecule has 0 saturated heterocycles. The normalized spacial score (nSPS) is 10.0. The first-order valence-corrected chi connectivity index (χ1v) is 7.54. The average molecular weight is 374 g/mol. The Morgan fingerprint density at radius 3 is 1.41 bits per heavy atom. The van der Waals surface area contributed by atoms with Crippen LogP contribution in [0.1, 0.15) is 17.1 Å². The van der Waals surface area contributed by atoms with Crippen LogP contribution in [0.4, 0.5) is 17.5 Å². The van der Waals surface area contributed by atoms with Gasteiger partial charge in [0.25, 0.3) is 0 Å². The number of nitrogen functional groups attached to an aromatic ring is 1. The van der Waals surface area contributed by atoms with E-state index in [4.69, 9.17) is 18.9 Å². The lowest BCUT2D eigenvalue weighted by atomic mass is 10.1. The van der Waals surface area contributed by atoms with Crippen molar-refractivity contribution >= 4 is 50.6 Å². The molecule has 0 fully saturated rings. The lowest BCUT2D eigenvalue weighted by Gasteiger charge is -2.06. The number of benzene rings is 1. The predicted molar refractivity (Wildman–Crippen MR) is 96.8 cm³/mol. The van der Waals surface area contributed by atoms with Gasteiger partial charge in [-0.3, -0.25) is 0 Å². The van der Waals surface area contributed by atoms with E-state index in [1.165, 1.54) is 0 Å². The number of fused-ring (bicyclic) bond motifs is 6. The van der Waals surface area contributed by atoms with Crippen LogP contribution in [-0.2, 0) is 0 Å². The van der Waals surface area contributed by atoms with Crippen LogP contribution in [0.15, 0.2) is 0 Å². The second-order valence-corrected chi connectivity index (χ2v) is 5.40. The van der Waals surface area contributed by atoms with Gasteiger partial charge in [-0.15, -0.1) is 9.97 Å². The van der Waals surface area contributed by atoms with Crippen molar-refractivity contribution in [1.82, 2.24) is 29.9 Å². The van der Waals surface area contributed by atoms with E-state index >= 15 is 0 Å². The molecule has 0 aliphatic heterocycles. The fraction of sp³-hybridized carbons (Fsp3) is 0. The molecule has 12 heteroatoms. The number of nitriles is 3. The number of anilines is 1. The Bertz CT molecular complexity index is 1570. The van der Waals surface area contributed by atoms with Gasteiger partial charge in [-0.2, -0.15) is 15.8 Å². The molecule has 4 rings (SSSR count). The van der Waals surface area contributed by atoms with E-state index in [0.29, 0.717) is 0 Å². The van der Waals surface area contributed by atoms with Crippen molar-refractivity contribution in [2.45, 2.75) is 0 Å². The first-order valence-electron chi connectivity index (χ1n) is 7.54. The topological polar surface area (TPSA) is 183 Å². The number of rotatable bonds is 0. The highest BCUT2D eigenvalue weighted by Gasteiger charge is 2.25. The van der Waals surface area contributed by atoms with Gasteiger partial charge >= 0.3 is 11.6 Å². The van der Waals surface area contributed by atoms with Crippen molar-refractivity contribution in [3.05, 3.63) is 39.9 Å². The minimum Gasteiger partial charge on any atom is -0.391 e. The van der Waals surface area contributed by atoms with Crippen molar-refractivity contribution < 1.29 is 0 Å². The van der Waals surface area contributed by atoms with Crippen LogP contribution >= 0.6 is 0 Å². The van der Waals surface area contributed by atoms with E-state index in [0.717, 1.165) is 0 Å². The maximum atomic E-state index is 9.28. The van der Waals surface area contributed by atoms with Crippen LogP contribution in [0.2, 0.25) is 0 Å². The molecule has 2 N–H and O–H groups in total. The molecular formula is C17H2N12. The Hall–Kier alpha value is -5.51. The van der Waals surface area contributed by atoms with Gasteiger partial charge in [-0.05, 0) is 0 Å². The molecular weight excluding hydrogens is 372 g/mol. The molecule has 0 unspecified atom stereocenters. The fourth-order valence-corrected chi connectivity index (χ4v) is 2.68. The highest BCUT2D eigenvalue weighted by molar-refractivity contribution is 6.18. The van der Waals surface area contributed by atoms with E-state index < -0.39 is 0 Å². The summed E-state index contributed by atoms with van der Waals surface area (Å²) in [6.07, 6.45) is 0. The summed E-state index contributed by atoms with van der Waals surface area (Å²) in [6, 6.07) is 5.33. The molecule has 0 aliphatic rings. The summed E-state index contributed by atoms with van der Waals surface area (Å²) in [5.74, 6) is -0.647. The van der Waals surface area contributed by atoms with Crippen LogP contribution in [-0.4, -0.2) is 29.9 Å². The molecule has 3 aromatic heterocycles. The van der Waals surface area contributed by atoms with E-state index in [1.807, 2.05) is 0 Å². The zero-order chi connectivity index (χ0) is 20.7. The van der Waals surface area contributed by atoms with Gasteiger partial charge in [0.15, 0.2) is 17.1 Å². The molecule has 0 amide bonds. The summed E-state index contributed by atoms with van der Waals surface area (Å²) in [6.45, 7) is 14.4. The zero-order valence-corrected chi connectivity index (χ0v) is 14.0. The number of nitrogens with zero attached hydrogens (tertiary/aromatic N) is 11. The summed E-state index contributed by atoms with van der Waals surface area (Å²) >= 11 is 0. The maximum Gasteiger partial charge on any atom is 0.312 e. The highest BCUT2D eigenvalue weighted by atomic mass is 15.0. The lowest BCUT2D eigenvalue weighted by molar-refractivity contribution is 1.19. The number of nitrogens with two attached hydrogens (primary N) is 1. The van der Waals surface area contributed by atoms with E-state index in [9.17, 15) is 15.8 Å². The molecule has 130 valence electrons. The summed E-state index contributed by atoms with van der Waals surface area (Å²) < 4.78 is 0. The third kappa shape index (κ3) is 2.27. The van der Waals surface area contributed by atoms with Gasteiger partial charge in [-0.25, -0.2) is 19.9 Å². The zero-order valence-electron chi connectivity index (χ0n) is 14.0. The van der Waals surface area contributed by atoms with Gasteiger partial charge in [0.05, 0.1) is 0 Å². The molecule has 3 heterocycles.